The number of hydrogen-bond donors (Lipinski definition) is 1. The fourth-order valence-corrected chi connectivity index (χ4v) is 3.05. The van der Waals surface area contributed by atoms with Gasteiger partial charge >= 0.3 is 0 Å². The summed E-state index contributed by atoms with van der Waals surface area (Å²) in [4.78, 5) is -0.387. The van der Waals surface area contributed by atoms with E-state index in [4.69, 9.17) is 21.6 Å². The van der Waals surface area contributed by atoms with Gasteiger partial charge in [0, 0.05) is 16.9 Å². The number of rotatable bonds is 5. The van der Waals surface area contributed by atoms with Crippen molar-refractivity contribution in [3.63, 3.8) is 0 Å². The Morgan fingerprint density at radius 1 is 1.26 bits per heavy atom. The van der Waals surface area contributed by atoms with Gasteiger partial charge in [-0.3, -0.25) is 0 Å². The Balaban J connectivity index is 2.31. The zero-order valence-electron chi connectivity index (χ0n) is 12.2. The Kier molecular flexibility index (Phi) is 5.27. The van der Waals surface area contributed by atoms with E-state index in [1.807, 2.05) is 0 Å². The first-order valence-electron chi connectivity index (χ1n) is 6.49. The molecule has 0 heterocycles. The summed E-state index contributed by atoms with van der Waals surface area (Å²) in [6.45, 7) is 0. The molecular weight excluding hydrogens is 336 g/mol. The van der Waals surface area contributed by atoms with E-state index in [1.54, 1.807) is 30.3 Å². The van der Waals surface area contributed by atoms with Crippen molar-refractivity contribution < 1.29 is 13.2 Å². The van der Waals surface area contributed by atoms with Gasteiger partial charge in [0.05, 0.1) is 12.0 Å². The topological polar surface area (TPSA) is 79.2 Å². The normalized spacial score (nSPS) is 11.6. The maximum atomic E-state index is 12.5. The molecule has 2 aromatic rings. The summed E-state index contributed by atoms with van der Waals surface area (Å²) in [5, 5.41) is 12.4. The molecule has 0 aliphatic heterocycles. The smallest absolute Gasteiger partial charge is 0.218 e. The highest BCUT2D eigenvalue weighted by atomic mass is 35.5. The van der Waals surface area contributed by atoms with Crippen LogP contribution < -0.4 is 10.1 Å². The lowest BCUT2D eigenvalue weighted by Crippen LogP contribution is -2.05. The van der Waals surface area contributed by atoms with Gasteiger partial charge in [-0.1, -0.05) is 17.7 Å². The number of hydrogen-bond acceptors (Lipinski definition) is 5. The van der Waals surface area contributed by atoms with Crippen molar-refractivity contribution >= 4 is 27.1 Å². The average Bonchev–Trinajstić information content (AvgIpc) is 2.55. The van der Waals surface area contributed by atoms with Gasteiger partial charge in [0.1, 0.15) is 11.8 Å². The molecule has 0 saturated carbocycles. The van der Waals surface area contributed by atoms with E-state index >= 15 is 0 Å². The van der Waals surface area contributed by atoms with Crippen LogP contribution in [0.25, 0.3) is 0 Å². The largest absolute Gasteiger partial charge is 0.497 e. The molecule has 23 heavy (non-hydrogen) atoms. The lowest BCUT2D eigenvalue weighted by Gasteiger charge is -2.06. The zero-order chi connectivity index (χ0) is 16.9. The number of methoxy groups -OCH3 is 1. The van der Waals surface area contributed by atoms with Gasteiger partial charge in [-0.15, -0.1) is 0 Å². The zero-order valence-corrected chi connectivity index (χ0v) is 13.7. The molecule has 0 amide bonds. The van der Waals surface area contributed by atoms with Crippen LogP contribution >= 0.6 is 11.6 Å². The molecule has 0 aliphatic carbocycles. The molecule has 0 spiro atoms. The SMILES string of the molecule is COc1ccc(S(=O)(=O)C(C#N)=CNc2cccc(Cl)c2)cc1. The van der Waals surface area contributed by atoms with Crippen molar-refractivity contribution in [2.24, 2.45) is 0 Å². The summed E-state index contributed by atoms with van der Waals surface area (Å²) >= 11 is 5.85. The fraction of sp³-hybridized carbons (Fsp3) is 0.0625. The Morgan fingerprint density at radius 3 is 2.52 bits per heavy atom. The second kappa shape index (κ2) is 7.18. The molecule has 2 rings (SSSR count). The van der Waals surface area contributed by atoms with Gasteiger partial charge < -0.3 is 10.1 Å². The van der Waals surface area contributed by atoms with Gasteiger partial charge in [-0.2, -0.15) is 5.26 Å². The third kappa shape index (κ3) is 4.03. The molecule has 0 atom stereocenters. The van der Waals surface area contributed by atoms with Gasteiger partial charge in [-0.25, -0.2) is 8.42 Å². The Labute approximate surface area is 139 Å². The quantitative estimate of drug-likeness (QED) is 0.835. The summed E-state index contributed by atoms with van der Waals surface area (Å²) < 4.78 is 29.9. The van der Waals surface area contributed by atoms with E-state index in [0.717, 1.165) is 6.20 Å². The minimum Gasteiger partial charge on any atom is -0.497 e. The van der Waals surface area contributed by atoms with Crippen molar-refractivity contribution in [3.05, 3.63) is 64.7 Å². The lowest BCUT2D eigenvalue weighted by atomic mass is 10.3. The van der Waals surface area contributed by atoms with E-state index in [9.17, 15) is 8.42 Å². The van der Waals surface area contributed by atoms with Crippen LogP contribution in [0.5, 0.6) is 5.75 Å². The molecule has 0 aliphatic rings. The minimum absolute atomic E-state index is 0.0130. The van der Waals surface area contributed by atoms with Crippen molar-refractivity contribution in [3.8, 4) is 11.8 Å². The van der Waals surface area contributed by atoms with Gasteiger partial charge in [0.2, 0.25) is 9.84 Å². The van der Waals surface area contributed by atoms with Gasteiger partial charge in [0.25, 0.3) is 0 Å². The lowest BCUT2D eigenvalue weighted by molar-refractivity contribution is 0.414. The maximum absolute atomic E-state index is 12.5. The van der Waals surface area contributed by atoms with Crippen molar-refractivity contribution in [2.45, 2.75) is 4.90 Å². The predicted molar refractivity (Wildman–Crippen MR) is 89.0 cm³/mol. The van der Waals surface area contributed by atoms with E-state index < -0.39 is 14.7 Å². The molecule has 2 aromatic carbocycles. The number of ether oxygens (including phenoxy) is 1. The molecule has 0 aromatic heterocycles. The molecule has 0 fully saturated rings. The number of benzene rings is 2. The summed E-state index contributed by atoms with van der Waals surface area (Å²) in [7, 11) is -2.42. The Hall–Kier alpha value is -2.49. The number of halogens is 1. The van der Waals surface area contributed by atoms with E-state index in [2.05, 4.69) is 5.32 Å². The highest BCUT2D eigenvalue weighted by Gasteiger charge is 2.20. The van der Waals surface area contributed by atoms with Crippen LogP contribution in [-0.4, -0.2) is 15.5 Å². The van der Waals surface area contributed by atoms with Gasteiger partial charge in [0.15, 0.2) is 4.91 Å². The van der Waals surface area contributed by atoms with Crippen molar-refractivity contribution in [1.29, 1.82) is 5.26 Å². The summed E-state index contributed by atoms with van der Waals surface area (Å²) in [6, 6.07) is 14.2. The monoisotopic (exact) mass is 348 g/mol. The maximum Gasteiger partial charge on any atom is 0.218 e. The predicted octanol–water partition coefficient (Wildman–Crippen LogP) is 3.60. The Morgan fingerprint density at radius 2 is 1.96 bits per heavy atom. The Bertz CT molecular complexity index is 869. The number of nitrogens with zero attached hydrogens (tertiary/aromatic N) is 1. The van der Waals surface area contributed by atoms with Crippen LogP contribution in [0.15, 0.2) is 64.5 Å². The van der Waals surface area contributed by atoms with E-state index in [0.29, 0.717) is 16.5 Å². The molecule has 0 unspecified atom stereocenters. The summed E-state index contributed by atoms with van der Waals surface area (Å²) in [5.74, 6) is 0.531. The molecule has 7 heteroatoms. The third-order valence-electron chi connectivity index (χ3n) is 2.96. The van der Waals surface area contributed by atoms with Crippen LogP contribution in [0.1, 0.15) is 0 Å². The number of nitriles is 1. The molecule has 0 bridgehead atoms. The van der Waals surface area contributed by atoms with Gasteiger partial charge in [-0.05, 0) is 42.5 Å². The first-order valence-corrected chi connectivity index (χ1v) is 8.35. The first kappa shape index (κ1) is 16.9. The van der Waals surface area contributed by atoms with Crippen LogP contribution in [0.2, 0.25) is 5.02 Å². The van der Waals surface area contributed by atoms with E-state index in [-0.39, 0.29) is 4.90 Å². The highest BCUT2D eigenvalue weighted by molar-refractivity contribution is 7.95. The second-order valence-electron chi connectivity index (χ2n) is 4.45. The van der Waals surface area contributed by atoms with Crippen LogP contribution in [0.3, 0.4) is 0 Å². The molecule has 0 radical (unpaired) electrons. The molecule has 5 nitrogen and oxygen atoms in total. The first-order chi connectivity index (χ1) is 11.0. The van der Waals surface area contributed by atoms with Crippen LogP contribution in [0.4, 0.5) is 5.69 Å². The highest BCUT2D eigenvalue weighted by Crippen LogP contribution is 2.22. The molecule has 0 saturated heterocycles. The van der Waals surface area contributed by atoms with Crippen LogP contribution in [0, 0.1) is 11.3 Å². The summed E-state index contributed by atoms with van der Waals surface area (Å²) in [5.41, 5.74) is 0.579. The van der Waals surface area contributed by atoms with Crippen molar-refractivity contribution in [2.75, 3.05) is 12.4 Å². The average molecular weight is 349 g/mol. The summed E-state index contributed by atoms with van der Waals surface area (Å²) in [6.07, 6.45) is 1.14. The third-order valence-corrected chi connectivity index (χ3v) is 4.88. The fourth-order valence-electron chi connectivity index (χ4n) is 1.78. The van der Waals surface area contributed by atoms with E-state index in [1.165, 1.54) is 31.4 Å². The number of sulfone groups is 1. The number of anilines is 1. The minimum atomic E-state index is -3.91. The van der Waals surface area contributed by atoms with Crippen molar-refractivity contribution in [1.82, 2.24) is 0 Å². The standard InChI is InChI=1S/C16H13ClN2O3S/c1-22-14-5-7-15(8-6-14)23(20,21)16(10-18)11-19-13-4-2-3-12(17)9-13/h2-9,11,19H,1H3. The number of nitrogens with one attached hydrogen (secondary N) is 1. The number of allylic oxidation sites excluding steroid dienone is 1. The second-order valence-corrected chi connectivity index (χ2v) is 6.81. The molecule has 1 N–H and O–H groups in total. The molecule has 118 valence electrons. The van der Waals surface area contributed by atoms with Crippen LogP contribution in [-0.2, 0) is 9.84 Å². The molecular formula is C16H13ClN2O3S.